The van der Waals surface area contributed by atoms with E-state index in [1.165, 1.54) is 22.3 Å². The van der Waals surface area contributed by atoms with Crippen LogP contribution in [0.5, 0.6) is 0 Å². The topological polar surface area (TPSA) is 125 Å². The van der Waals surface area contributed by atoms with Crippen LogP contribution in [0.4, 0.5) is 0 Å². The second kappa shape index (κ2) is 21.2. The van der Waals surface area contributed by atoms with Crippen LogP contribution in [-0.2, 0) is 0 Å². The Bertz CT molecular complexity index is 1240. The second-order valence-corrected chi connectivity index (χ2v) is 11.6. The largest absolute Gasteiger partial charge is 0.370 e. The van der Waals surface area contributed by atoms with E-state index in [1.807, 2.05) is 24.3 Å². The first-order chi connectivity index (χ1) is 23.2. The predicted octanol–water partition coefficient (Wildman–Crippen LogP) is 4.81. The summed E-state index contributed by atoms with van der Waals surface area (Å²) in [7, 11) is 0. The lowest BCUT2D eigenvalue weighted by Gasteiger charge is -2.16. The van der Waals surface area contributed by atoms with Gasteiger partial charge in [0.1, 0.15) is 0 Å². The number of benzene rings is 4. The number of rotatable bonds is 20. The summed E-state index contributed by atoms with van der Waals surface area (Å²) in [5, 5.41) is 13.5. The van der Waals surface area contributed by atoms with Crippen LogP contribution < -0.4 is 32.7 Å². The lowest BCUT2D eigenvalue weighted by Crippen LogP contribution is -2.35. The van der Waals surface area contributed by atoms with E-state index in [0.29, 0.717) is 25.0 Å². The van der Waals surface area contributed by atoms with Gasteiger partial charge in [0.2, 0.25) is 0 Å². The molecular formula is C39H52N8. The Morgan fingerprint density at radius 1 is 0.426 bits per heavy atom. The third kappa shape index (κ3) is 13.3. The van der Waals surface area contributed by atoms with E-state index in [0.717, 1.165) is 58.5 Å². The van der Waals surface area contributed by atoms with E-state index in [-0.39, 0.29) is 11.8 Å². The molecule has 0 saturated carbocycles. The van der Waals surface area contributed by atoms with Crippen molar-refractivity contribution in [3.8, 4) is 0 Å². The molecule has 4 aromatic carbocycles. The fraction of sp³-hybridized carbons (Fsp3) is 0.333. The minimum absolute atomic E-state index is 0.180. The summed E-state index contributed by atoms with van der Waals surface area (Å²) in [5.74, 6) is 1.36. The summed E-state index contributed by atoms with van der Waals surface area (Å²) in [5.41, 5.74) is 17.3. The van der Waals surface area contributed by atoms with Crippen molar-refractivity contribution < 1.29 is 0 Å². The number of nitrogens with one attached hydrogen (secondary N) is 4. The third-order valence-electron chi connectivity index (χ3n) is 8.08. The number of nitrogens with zero attached hydrogens (tertiary/aromatic N) is 2. The molecule has 0 aliphatic carbocycles. The van der Waals surface area contributed by atoms with Crippen LogP contribution in [0.25, 0.3) is 0 Å². The number of hydrogen-bond donors (Lipinski definition) is 6. The third-order valence-corrected chi connectivity index (χ3v) is 8.08. The number of aliphatic imine (C=N–C) groups is 2. The predicted molar refractivity (Wildman–Crippen MR) is 198 cm³/mol. The van der Waals surface area contributed by atoms with Crippen molar-refractivity contribution in [2.24, 2.45) is 21.5 Å². The molecule has 248 valence electrons. The summed E-state index contributed by atoms with van der Waals surface area (Å²) in [4.78, 5) is 9.30. The first-order valence-electron chi connectivity index (χ1n) is 16.9. The maximum atomic E-state index is 6.19. The maximum Gasteiger partial charge on any atom is 0.188 e. The SMILES string of the molecule is NC(=NCC(c1ccccc1)c1ccccc1)NCCCNCCCNCCCNC(N)=NCC(c1ccccc1)c1ccccc1. The molecule has 8 heteroatoms. The Kier molecular flexibility index (Phi) is 15.9. The fourth-order valence-corrected chi connectivity index (χ4v) is 5.49. The van der Waals surface area contributed by atoms with Gasteiger partial charge in [-0.2, -0.15) is 0 Å². The Morgan fingerprint density at radius 3 is 1.00 bits per heavy atom. The summed E-state index contributed by atoms with van der Waals surface area (Å²) in [6.45, 7) is 6.64. The summed E-state index contributed by atoms with van der Waals surface area (Å²) in [6.07, 6.45) is 3.04. The van der Waals surface area contributed by atoms with Gasteiger partial charge in [-0.3, -0.25) is 9.98 Å². The van der Waals surface area contributed by atoms with Crippen molar-refractivity contribution in [3.05, 3.63) is 144 Å². The van der Waals surface area contributed by atoms with Crippen LogP contribution in [0.15, 0.2) is 131 Å². The molecule has 0 amide bonds. The fourth-order valence-electron chi connectivity index (χ4n) is 5.49. The zero-order valence-corrected chi connectivity index (χ0v) is 27.5. The van der Waals surface area contributed by atoms with Crippen molar-refractivity contribution in [2.45, 2.75) is 31.1 Å². The van der Waals surface area contributed by atoms with Crippen LogP contribution in [0.1, 0.15) is 53.4 Å². The monoisotopic (exact) mass is 632 g/mol. The molecule has 8 N–H and O–H groups in total. The summed E-state index contributed by atoms with van der Waals surface area (Å²) in [6, 6.07) is 41.9. The van der Waals surface area contributed by atoms with Crippen molar-refractivity contribution in [1.82, 2.24) is 21.3 Å². The van der Waals surface area contributed by atoms with Gasteiger partial charge in [-0.1, -0.05) is 121 Å². The second-order valence-electron chi connectivity index (χ2n) is 11.6. The van der Waals surface area contributed by atoms with Crippen LogP contribution in [0.3, 0.4) is 0 Å². The average Bonchev–Trinajstić information content (AvgIpc) is 3.12. The van der Waals surface area contributed by atoms with Gasteiger partial charge in [0, 0.05) is 24.9 Å². The van der Waals surface area contributed by atoms with Gasteiger partial charge in [-0.15, -0.1) is 0 Å². The molecule has 0 aliphatic heterocycles. The summed E-state index contributed by atoms with van der Waals surface area (Å²) < 4.78 is 0. The zero-order valence-electron chi connectivity index (χ0n) is 27.5. The molecule has 47 heavy (non-hydrogen) atoms. The smallest absolute Gasteiger partial charge is 0.188 e. The molecular weight excluding hydrogens is 580 g/mol. The minimum atomic E-state index is 0.180. The lowest BCUT2D eigenvalue weighted by atomic mass is 9.91. The molecule has 0 saturated heterocycles. The quantitative estimate of drug-likeness (QED) is 0.0472. The van der Waals surface area contributed by atoms with E-state index in [2.05, 4.69) is 128 Å². The summed E-state index contributed by atoms with van der Waals surface area (Å²) >= 11 is 0. The number of guanidine groups is 2. The molecule has 0 atom stereocenters. The molecule has 0 bridgehead atoms. The highest BCUT2D eigenvalue weighted by Gasteiger charge is 2.14. The molecule has 4 rings (SSSR count). The van der Waals surface area contributed by atoms with Crippen molar-refractivity contribution in [1.29, 1.82) is 0 Å². The number of hydrogen-bond acceptors (Lipinski definition) is 4. The van der Waals surface area contributed by atoms with E-state index in [4.69, 9.17) is 11.5 Å². The number of nitrogens with two attached hydrogens (primary N) is 2. The first-order valence-corrected chi connectivity index (χ1v) is 16.9. The van der Waals surface area contributed by atoms with Crippen molar-refractivity contribution >= 4 is 11.9 Å². The Balaban J connectivity index is 1.01. The van der Waals surface area contributed by atoms with Gasteiger partial charge in [-0.05, 0) is 67.7 Å². The van der Waals surface area contributed by atoms with Gasteiger partial charge in [0.15, 0.2) is 11.9 Å². The van der Waals surface area contributed by atoms with Gasteiger partial charge < -0.3 is 32.7 Å². The zero-order chi connectivity index (χ0) is 32.8. The average molecular weight is 633 g/mol. The molecule has 8 nitrogen and oxygen atoms in total. The minimum Gasteiger partial charge on any atom is -0.370 e. The Labute approximate surface area is 281 Å². The van der Waals surface area contributed by atoms with E-state index in [9.17, 15) is 0 Å². The molecule has 0 aliphatic rings. The first kappa shape index (κ1) is 35.2. The molecule has 4 aromatic rings. The van der Waals surface area contributed by atoms with E-state index in [1.54, 1.807) is 0 Å². The lowest BCUT2D eigenvalue weighted by molar-refractivity contribution is 0.571. The van der Waals surface area contributed by atoms with Gasteiger partial charge in [0.25, 0.3) is 0 Å². The van der Waals surface area contributed by atoms with Crippen LogP contribution in [0, 0.1) is 0 Å². The highest BCUT2D eigenvalue weighted by Crippen LogP contribution is 2.25. The molecule has 0 unspecified atom stereocenters. The van der Waals surface area contributed by atoms with E-state index < -0.39 is 0 Å². The van der Waals surface area contributed by atoms with Gasteiger partial charge >= 0.3 is 0 Å². The van der Waals surface area contributed by atoms with E-state index >= 15 is 0 Å². The van der Waals surface area contributed by atoms with Crippen LogP contribution in [0.2, 0.25) is 0 Å². The standard InChI is InChI=1S/C39H52N8/c40-38(46-30-36(32-16-5-1-6-17-32)33-18-7-2-8-19-33)44-28-14-26-42-24-13-25-43-27-15-29-45-39(41)47-31-37(34-20-9-3-10-21-34)35-22-11-4-12-23-35/h1-12,16-23,36-37,42-43H,13-15,24-31H2,(H3,40,44,46)(H3,41,45,47). The molecule has 0 aromatic heterocycles. The van der Waals surface area contributed by atoms with Gasteiger partial charge in [-0.25, -0.2) is 0 Å². The Morgan fingerprint density at radius 2 is 0.702 bits per heavy atom. The van der Waals surface area contributed by atoms with Crippen molar-refractivity contribution in [3.63, 3.8) is 0 Å². The highest BCUT2D eigenvalue weighted by molar-refractivity contribution is 5.78. The highest BCUT2D eigenvalue weighted by atomic mass is 15.1. The van der Waals surface area contributed by atoms with Crippen LogP contribution in [-0.4, -0.2) is 64.3 Å². The van der Waals surface area contributed by atoms with Crippen molar-refractivity contribution in [2.75, 3.05) is 52.4 Å². The molecule has 0 fully saturated rings. The van der Waals surface area contributed by atoms with Gasteiger partial charge in [0.05, 0.1) is 13.1 Å². The molecule has 0 heterocycles. The molecule has 0 spiro atoms. The maximum absolute atomic E-state index is 6.19. The normalized spacial score (nSPS) is 12.0. The Hall–Kier alpha value is -4.66. The van der Waals surface area contributed by atoms with Crippen LogP contribution >= 0.6 is 0 Å². The molecule has 0 radical (unpaired) electrons.